The fourth-order valence-corrected chi connectivity index (χ4v) is 2.82. The molecule has 144 valence electrons. The zero-order valence-electron chi connectivity index (χ0n) is 15.7. The zero-order valence-corrected chi connectivity index (χ0v) is 15.7. The molecular formula is C22H23N3O3. The first-order valence-corrected chi connectivity index (χ1v) is 9.16. The molecule has 1 heterocycles. The Morgan fingerprint density at radius 1 is 1.00 bits per heavy atom. The standard InChI is InChI=1S/C22H23N3O3/c1-2-25(19-10-4-3-5-11-19)16-21(26)24-18-9-6-8-17(14-18)22(27)23-15-20-12-7-13-28-20/h3-14H,2,15-16H2,1H3,(H,23,27)(H,24,26). The summed E-state index contributed by atoms with van der Waals surface area (Å²) in [5.41, 5.74) is 2.05. The molecule has 1 aromatic heterocycles. The number of anilines is 2. The molecule has 2 N–H and O–H groups in total. The predicted molar refractivity (Wildman–Crippen MR) is 109 cm³/mol. The van der Waals surface area contributed by atoms with Crippen LogP contribution in [-0.2, 0) is 11.3 Å². The second-order valence-electron chi connectivity index (χ2n) is 6.24. The van der Waals surface area contributed by atoms with Gasteiger partial charge in [0, 0.05) is 23.5 Å². The minimum Gasteiger partial charge on any atom is -0.467 e. The molecule has 2 amide bonds. The van der Waals surface area contributed by atoms with Crippen molar-refractivity contribution in [3.8, 4) is 0 Å². The highest BCUT2D eigenvalue weighted by molar-refractivity contribution is 5.98. The Labute approximate surface area is 164 Å². The molecule has 0 aliphatic carbocycles. The van der Waals surface area contributed by atoms with Gasteiger partial charge in [0.15, 0.2) is 0 Å². The topological polar surface area (TPSA) is 74.6 Å². The van der Waals surface area contributed by atoms with Gasteiger partial charge in [-0.2, -0.15) is 0 Å². The molecule has 28 heavy (non-hydrogen) atoms. The van der Waals surface area contributed by atoms with Gasteiger partial charge in [0.2, 0.25) is 5.91 Å². The second-order valence-corrected chi connectivity index (χ2v) is 6.24. The maximum absolute atomic E-state index is 12.5. The smallest absolute Gasteiger partial charge is 0.251 e. The number of carbonyl (C=O) groups excluding carboxylic acids is 2. The maximum atomic E-state index is 12.5. The summed E-state index contributed by atoms with van der Waals surface area (Å²) < 4.78 is 5.20. The highest BCUT2D eigenvalue weighted by Gasteiger charge is 2.12. The number of para-hydroxylation sites is 1. The Balaban J connectivity index is 1.58. The van der Waals surface area contributed by atoms with Crippen LogP contribution in [0.5, 0.6) is 0 Å². The first kappa shape index (κ1) is 19.2. The molecule has 0 unspecified atom stereocenters. The van der Waals surface area contributed by atoms with Crippen LogP contribution in [0, 0.1) is 0 Å². The van der Waals surface area contributed by atoms with Gasteiger partial charge in [0.25, 0.3) is 5.91 Å². The van der Waals surface area contributed by atoms with Gasteiger partial charge in [-0.15, -0.1) is 0 Å². The molecule has 0 saturated carbocycles. The minimum atomic E-state index is -0.230. The number of hydrogen-bond donors (Lipinski definition) is 2. The van der Waals surface area contributed by atoms with Crippen LogP contribution in [-0.4, -0.2) is 24.9 Å². The van der Waals surface area contributed by atoms with Crippen LogP contribution < -0.4 is 15.5 Å². The fourth-order valence-electron chi connectivity index (χ4n) is 2.82. The van der Waals surface area contributed by atoms with E-state index in [0.29, 0.717) is 30.1 Å². The van der Waals surface area contributed by atoms with E-state index in [9.17, 15) is 9.59 Å². The third kappa shape index (κ3) is 5.23. The quantitative estimate of drug-likeness (QED) is 0.628. The first-order valence-electron chi connectivity index (χ1n) is 9.16. The number of benzene rings is 2. The number of hydrogen-bond acceptors (Lipinski definition) is 4. The lowest BCUT2D eigenvalue weighted by atomic mass is 10.2. The van der Waals surface area contributed by atoms with Gasteiger partial charge in [-0.05, 0) is 49.4 Å². The van der Waals surface area contributed by atoms with Crippen LogP contribution in [0.25, 0.3) is 0 Å². The van der Waals surface area contributed by atoms with Gasteiger partial charge in [0.05, 0.1) is 19.4 Å². The Bertz CT molecular complexity index is 908. The van der Waals surface area contributed by atoms with E-state index in [1.165, 1.54) is 0 Å². The van der Waals surface area contributed by atoms with Crippen molar-refractivity contribution in [1.29, 1.82) is 0 Å². The van der Waals surface area contributed by atoms with Crippen LogP contribution in [0.1, 0.15) is 23.0 Å². The van der Waals surface area contributed by atoms with Crippen LogP contribution >= 0.6 is 0 Å². The summed E-state index contributed by atoms with van der Waals surface area (Å²) >= 11 is 0. The van der Waals surface area contributed by atoms with Crippen molar-refractivity contribution in [3.05, 3.63) is 84.3 Å². The van der Waals surface area contributed by atoms with Crippen molar-refractivity contribution in [2.75, 3.05) is 23.3 Å². The summed E-state index contributed by atoms with van der Waals surface area (Å²) in [6.07, 6.45) is 1.56. The average Bonchev–Trinajstić information content (AvgIpc) is 3.25. The SMILES string of the molecule is CCN(CC(=O)Nc1cccc(C(=O)NCc2ccco2)c1)c1ccccc1. The van der Waals surface area contributed by atoms with E-state index in [2.05, 4.69) is 10.6 Å². The van der Waals surface area contributed by atoms with E-state index >= 15 is 0 Å². The van der Waals surface area contributed by atoms with Gasteiger partial charge in [-0.25, -0.2) is 0 Å². The van der Waals surface area contributed by atoms with E-state index in [4.69, 9.17) is 4.42 Å². The number of carbonyl (C=O) groups is 2. The van der Waals surface area contributed by atoms with Crippen molar-refractivity contribution in [2.24, 2.45) is 0 Å². The third-order valence-corrected chi connectivity index (χ3v) is 4.25. The molecule has 0 bridgehead atoms. The molecule has 0 aliphatic rings. The monoisotopic (exact) mass is 377 g/mol. The van der Waals surface area contributed by atoms with Crippen molar-refractivity contribution >= 4 is 23.2 Å². The van der Waals surface area contributed by atoms with Crippen LogP contribution in [0.4, 0.5) is 11.4 Å². The Morgan fingerprint density at radius 2 is 1.82 bits per heavy atom. The van der Waals surface area contributed by atoms with Crippen molar-refractivity contribution in [2.45, 2.75) is 13.5 Å². The molecule has 0 atom stereocenters. The molecule has 6 nitrogen and oxygen atoms in total. The molecule has 0 saturated heterocycles. The summed E-state index contributed by atoms with van der Waals surface area (Å²) in [5.74, 6) is 0.309. The molecule has 0 spiro atoms. The Morgan fingerprint density at radius 3 is 2.54 bits per heavy atom. The number of nitrogens with zero attached hydrogens (tertiary/aromatic N) is 1. The van der Waals surface area contributed by atoms with Gasteiger partial charge in [-0.3, -0.25) is 9.59 Å². The first-order chi connectivity index (χ1) is 13.7. The molecule has 0 radical (unpaired) electrons. The fraction of sp³-hybridized carbons (Fsp3) is 0.182. The van der Waals surface area contributed by atoms with E-state index in [0.717, 1.165) is 5.69 Å². The minimum absolute atomic E-state index is 0.140. The van der Waals surface area contributed by atoms with E-state index in [1.807, 2.05) is 42.2 Å². The Hall–Kier alpha value is -3.54. The van der Waals surface area contributed by atoms with Crippen LogP contribution in [0.2, 0.25) is 0 Å². The normalized spacial score (nSPS) is 10.3. The lowest BCUT2D eigenvalue weighted by Gasteiger charge is -2.22. The summed E-state index contributed by atoms with van der Waals surface area (Å²) in [6, 6.07) is 20.2. The predicted octanol–water partition coefficient (Wildman–Crippen LogP) is 3.67. The molecule has 0 aliphatic heterocycles. The van der Waals surface area contributed by atoms with Crippen LogP contribution in [0.15, 0.2) is 77.4 Å². The molecule has 2 aromatic carbocycles. The van der Waals surface area contributed by atoms with Crippen molar-refractivity contribution in [1.82, 2.24) is 5.32 Å². The van der Waals surface area contributed by atoms with Gasteiger partial charge >= 0.3 is 0 Å². The molecule has 0 fully saturated rings. The number of amides is 2. The number of rotatable bonds is 8. The highest BCUT2D eigenvalue weighted by atomic mass is 16.3. The van der Waals surface area contributed by atoms with Gasteiger partial charge < -0.3 is 20.0 Å². The summed E-state index contributed by atoms with van der Waals surface area (Å²) in [4.78, 5) is 26.7. The molecule has 3 rings (SSSR count). The lowest BCUT2D eigenvalue weighted by molar-refractivity contribution is -0.115. The largest absolute Gasteiger partial charge is 0.467 e. The van der Waals surface area contributed by atoms with Gasteiger partial charge in [0.1, 0.15) is 5.76 Å². The third-order valence-electron chi connectivity index (χ3n) is 4.25. The van der Waals surface area contributed by atoms with E-state index < -0.39 is 0 Å². The number of nitrogens with one attached hydrogen (secondary N) is 2. The Kier molecular flexibility index (Phi) is 6.46. The average molecular weight is 377 g/mol. The molecule has 3 aromatic rings. The zero-order chi connectivity index (χ0) is 19.8. The second kappa shape index (κ2) is 9.41. The van der Waals surface area contributed by atoms with E-state index in [-0.39, 0.29) is 18.4 Å². The number of likely N-dealkylation sites (N-methyl/N-ethyl adjacent to an activating group) is 1. The number of furan rings is 1. The lowest BCUT2D eigenvalue weighted by Crippen LogP contribution is -2.33. The van der Waals surface area contributed by atoms with Crippen LogP contribution in [0.3, 0.4) is 0 Å². The highest BCUT2D eigenvalue weighted by Crippen LogP contribution is 2.14. The maximum Gasteiger partial charge on any atom is 0.251 e. The summed E-state index contributed by atoms with van der Waals surface area (Å²) in [5, 5.41) is 5.65. The van der Waals surface area contributed by atoms with Gasteiger partial charge in [-0.1, -0.05) is 24.3 Å². The molecular weight excluding hydrogens is 354 g/mol. The molecule has 6 heteroatoms. The summed E-state index contributed by atoms with van der Waals surface area (Å²) in [6.45, 7) is 3.26. The van der Waals surface area contributed by atoms with E-state index in [1.54, 1.807) is 42.7 Å². The van der Waals surface area contributed by atoms with Crippen molar-refractivity contribution in [3.63, 3.8) is 0 Å². The summed E-state index contributed by atoms with van der Waals surface area (Å²) in [7, 11) is 0. The van der Waals surface area contributed by atoms with Crippen molar-refractivity contribution < 1.29 is 14.0 Å².